The Hall–Kier alpha value is -2.37. The molecule has 0 aromatic heterocycles. The molecular weight excluding hydrogens is 502 g/mol. The number of aliphatic imine (C=N–C) groups is 1. The highest BCUT2D eigenvalue weighted by Crippen LogP contribution is 2.25. The second-order valence-electron chi connectivity index (χ2n) is 5.75. The minimum atomic E-state index is -4.72. The predicted molar refractivity (Wildman–Crippen MR) is 117 cm³/mol. The number of nitrogens with zero attached hydrogens (tertiary/aromatic N) is 1. The first-order valence-electron chi connectivity index (χ1n) is 8.44. The molecule has 0 bridgehead atoms. The molecular formula is C19H23F3IN3O3. The van der Waals surface area contributed by atoms with E-state index < -0.39 is 6.36 Å². The normalized spacial score (nSPS) is 11.4. The fraction of sp³-hybridized carbons (Fsp3) is 0.316. The van der Waals surface area contributed by atoms with Crippen LogP contribution in [0.3, 0.4) is 0 Å². The Bertz CT molecular complexity index is 800. The highest BCUT2D eigenvalue weighted by molar-refractivity contribution is 14.0. The summed E-state index contributed by atoms with van der Waals surface area (Å²) in [6.45, 7) is 0.467. The molecule has 0 aliphatic heterocycles. The molecule has 29 heavy (non-hydrogen) atoms. The summed E-state index contributed by atoms with van der Waals surface area (Å²) in [6, 6.07) is 10.8. The molecule has 0 aliphatic carbocycles. The van der Waals surface area contributed by atoms with E-state index >= 15 is 0 Å². The molecule has 0 heterocycles. The number of anilines is 1. The third kappa shape index (κ3) is 8.67. The van der Waals surface area contributed by atoms with E-state index in [-0.39, 0.29) is 35.7 Å². The van der Waals surface area contributed by atoms with Crippen LogP contribution in [-0.2, 0) is 6.42 Å². The first-order valence-corrected chi connectivity index (χ1v) is 8.44. The van der Waals surface area contributed by atoms with Crippen molar-refractivity contribution < 1.29 is 27.4 Å². The second kappa shape index (κ2) is 11.6. The van der Waals surface area contributed by atoms with Gasteiger partial charge in [-0.05, 0) is 60.9 Å². The Morgan fingerprint density at radius 2 is 1.69 bits per heavy atom. The van der Waals surface area contributed by atoms with Gasteiger partial charge in [0.2, 0.25) is 0 Å². The molecule has 6 nitrogen and oxygen atoms in total. The number of benzene rings is 2. The molecule has 0 unspecified atom stereocenters. The summed E-state index contributed by atoms with van der Waals surface area (Å²) >= 11 is 0. The number of hydrogen-bond acceptors (Lipinski definition) is 4. The van der Waals surface area contributed by atoms with Gasteiger partial charge in [-0.15, -0.1) is 37.1 Å². The summed E-state index contributed by atoms with van der Waals surface area (Å²) in [5.41, 5.74) is 7.32. The summed E-state index contributed by atoms with van der Waals surface area (Å²) in [4.78, 5) is 4.21. The van der Waals surface area contributed by atoms with Crippen molar-refractivity contribution in [2.24, 2.45) is 10.7 Å². The van der Waals surface area contributed by atoms with Crippen molar-refractivity contribution in [1.29, 1.82) is 0 Å². The Morgan fingerprint density at radius 3 is 2.28 bits per heavy atom. The summed E-state index contributed by atoms with van der Waals surface area (Å²) in [5, 5.41) is 2.82. The van der Waals surface area contributed by atoms with E-state index in [9.17, 15) is 13.2 Å². The maximum absolute atomic E-state index is 12.1. The van der Waals surface area contributed by atoms with E-state index in [4.69, 9.17) is 15.2 Å². The Labute approximate surface area is 184 Å². The molecule has 0 fully saturated rings. The molecule has 0 saturated heterocycles. The van der Waals surface area contributed by atoms with Crippen molar-refractivity contribution in [1.82, 2.24) is 0 Å². The Balaban J connectivity index is 0.00000420. The number of nitrogens with one attached hydrogen (secondary N) is 1. The molecule has 0 amide bonds. The summed E-state index contributed by atoms with van der Waals surface area (Å²) in [5.74, 6) is 1.39. The largest absolute Gasteiger partial charge is 0.573 e. The number of aryl methyl sites for hydroxylation is 1. The standard InChI is InChI=1S/C19H22F3N3O3.HI/c1-26-16-9-10-17(27-2)13(12-16)4-3-11-24-18(23)25-14-5-7-15(8-6-14)28-19(20,21)22;/h5-10,12H,3-4,11H2,1-2H3,(H3,23,24,25);1H. The van der Waals surface area contributed by atoms with Gasteiger partial charge in [0.1, 0.15) is 17.2 Å². The minimum Gasteiger partial charge on any atom is -0.497 e. The maximum atomic E-state index is 12.1. The number of guanidine groups is 1. The van der Waals surface area contributed by atoms with E-state index in [0.29, 0.717) is 12.2 Å². The average molecular weight is 525 g/mol. The van der Waals surface area contributed by atoms with Crippen molar-refractivity contribution in [3.8, 4) is 17.2 Å². The van der Waals surface area contributed by atoms with Crippen LogP contribution in [0.25, 0.3) is 0 Å². The number of methoxy groups -OCH3 is 2. The van der Waals surface area contributed by atoms with Crippen molar-refractivity contribution in [2.75, 3.05) is 26.1 Å². The van der Waals surface area contributed by atoms with E-state index in [1.165, 1.54) is 24.3 Å². The van der Waals surface area contributed by atoms with E-state index in [1.807, 2.05) is 18.2 Å². The summed E-state index contributed by atoms with van der Waals surface area (Å²) < 4.78 is 50.8. The monoisotopic (exact) mass is 525 g/mol. The molecule has 0 atom stereocenters. The average Bonchev–Trinajstić information content (AvgIpc) is 2.65. The van der Waals surface area contributed by atoms with Gasteiger partial charge in [0, 0.05) is 12.2 Å². The smallest absolute Gasteiger partial charge is 0.497 e. The number of alkyl halides is 3. The highest BCUT2D eigenvalue weighted by atomic mass is 127. The van der Waals surface area contributed by atoms with E-state index in [0.717, 1.165) is 29.9 Å². The zero-order chi connectivity index (χ0) is 20.6. The van der Waals surface area contributed by atoms with Crippen molar-refractivity contribution in [2.45, 2.75) is 19.2 Å². The molecule has 2 aromatic rings. The fourth-order valence-electron chi connectivity index (χ4n) is 2.47. The second-order valence-corrected chi connectivity index (χ2v) is 5.75. The lowest BCUT2D eigenvalue weighted by molar-refractivity contribution is -0.274. The Morgan fingerprint density at radius 1 is 1.03 bits per heavy atom. The van der Waals surface area contributed by atoms with Crippen LogP contribution in [0, 0.1) is 0 Å². The molecule has 2 aromatic carbocycles. The van der Waals surface area contributed by atoms with Gasteiger partial charge in [0.05, 0.1) is 14.2 Å². The van der Waals surface area contributed by atoms with Crippen molar-refractivity contribution in [3.63, 3.8) is 0 Å². The molecule has 0 aliphatic rings. The topological polar surface area (TPSA) is 78.1 Å². The minimum absolute atomic E-state index is 0. The molecule has 160 valence electrons. The van der Waals surface area contributed by atoms with Gasteiger partial charge in [-0.1, -0.05) is 0 Å². The molecule has 2 rings (SSSR count). The number of nitrogens with two attached hydrogens (primary N) is 1. The summed E-state index contributed by atoms with van der Waals surface area (Å²) in [7, 11) is 3.21. The maximum Gasteiger partial charge on any atom is 0.573 e. The van der Waals surface area contributed by atoms with Crippen molar-refractivity contribution >= 4 is 35.6 Å². The number of rotatable bonds is 8. The zero-order valence-corrected chi connectivity index (χ0v) is 18.3. The van der Waals surface area contributed by atoms with Gasteiger partial charge in [-0.25, -0.2) is 0 Å². The third-order valence-electron chi connectivity index (χ3n) is 3.73. The van der Waals surface area contributed by atoms with Gasteiger partial charge in [0.15, 0.2) is 5.96 Å². The quantitative estimate of drug-likeness (QED) is 0.229. The van der Waals surface area contributed by atoms with Gasteiger partial charge in [-0.2, -0.15) is 0 Å². The first-order chi connectivity index (χ1) is 13.3. The SMILES string of the molecule is COc1ccc(OC)c(CCCN=C(N)Nc2ccc(OC(F)(F)F)cc2)c1.I. The molecule has 10 heteroatoms. The van der Waals surface area contributed by atoms with Crippen LogP contribution in [0.5, 0.6) is 17.2 Å². The van der Waals surface area contributed by atoms with Crippen LogP contribution in [0.1, 0.15) is 12.0 Å². The van der Waals surface area contributed by atoms with Gasteiger partial charge in [-0.3, -0.25) is 4.99 Å². The van der Waals surface area contributed by atoms with Crippen molar-refractivity contribution in [3.05, 3.63) is 48.0 Å². The zero-order valence-electron chi connectivity index (χ0n) is 16.0. The third-order valence-corrected chi connectivity index (χ3v) is 3.73. The highest BCUT2D eigenvalue weighted by Gasteiger charge is 2.30. The van der Waals surface area contributed by atoms with Crippen LogP contribution in [0.4, 0.5) is 18.9 Å². The molecule has 0 saturated carbocycles. The lowest BCUT2D eigenvalue weighted by Crippen LogP contribution is -2.23. The summed E-state index contributed by atoms with van der Waals surface area (Å²) in [6.07, 6.45) is -3.27. The number of halogens is 4. The van der Waals surface area contributed by atoms with Gasteiger partial charge < -0.3 is 25.3 Å². The molecule has 0 spiro atoms. The fourth-order valence-corrected chi connectivity index (χ4v) is 2.47. The van der Waals surface area contributed by atoms with Gasteiger partial charge in [0.25, 0.3) is 0 Å². The molecule has 3 N–H and O–H groups in total. The van der Waals surface area contributed by atoms with Crippen LogP contribution >= 0.6 is 24.0 Å². The Kier molecular flexibility index (Phi) is 9.86. The van der Waals surface area contributed by atoms with E-state index in [1.54, 1.807) is 14.2 Å². The van der Waals surface area contributed by atoms with Crippen LogP contribution < -0.4 is 25.3 Å². The first kappa shape index (κ1) is 24.7. The number of hydrogen-bond donors (Lipinski definition) is 2. The van der Waals surface area contributed by atoms with Crippen LogP contribution in [0.15, 0.2) is 47.5 Å². The van der Waals surface area contributed by atoms with E-state index in [2.05, 4.69) is 15.0 Å². The van der Waals surface area contributed by atoms with Crippen LogP contribution in [-0.4, -0.2) is 33.1 Å². The predicted octanol–water partition coefficient (Wildman–Crippen LogP) is 4.58. The molecule has 0 radical (unpaired) electrons. The lowest BCUT2D eigenvalue weighted by atomic mass is 10.1. The van der Waals surface area contributed by atoms with Gasteiger partial charge >= 0.3 is 6.36 Å². The van der Waals surface area contributed by atoms with Crippen LogP contribution in [0.2, 0.25) is 0 Å². The number of ether oxygens (including phenoxy) is 3. The lowest BCUT2D eigenvalue weighted by Gasteiger charge is -2.11.